The van der Waals surface area contributed by atoms with E-state index < -0.39 is 6.10 Å². The molecule has 4 nitrogen and oxygen atoms in total. The average molecular weight is 317 g/mol. The molecule has 0 spiro atoms. The van der Waals surface area contributed by atoms with Gasteiger partial charge in [-0.3, -0.25) is 5.10 Å². The zero-order chi connectivity index (χ0) is 15.4. The van der Waals surface area contributed by atoms with Gasteiger partial charge in [0.2, 0.25) is 0 Å². The average Bonchev–Trinajstić information content (AvgIpc) is 3.19. The van der Waals surface area contributed by atoms with Crippen molar-refractivity contribution in [1.82, 2.24) is 15.2 Å². The van der Waals surface area contributed by atoms with E-state index in [1.807, 2.05) is 5.38 Å². The molecule has 1 unspecified atom stereocenters. The molecule has 2 heterocycles. The number of aliphatic hydroxyl groups is 1. The van der Waals surface area contributed by atoms with Crippen molar-refractivity contribution in [1.29, 1.82) is 0 Å². The molecule has 2 aromatic heterocycles. The molecule has 0 aliphatic heterocycles. The molecule has 114 valence electrons. The first-order chi connectivity index (χ1) is 10.7. The van der Waals surface area contributed by atoms with E-state index in [-0.39, 0.29) is 5.82 Å². The molecule has 1 atom stereocenters. The minimum Gasteiger partial charge on any atom is -0.385 e. The van der Waals surface area contributed by atoms with Crippen LogP contribution in [0.15, 0.2) is 42.0 Å². The predicted octanol–water partition coefficient (Wildman–Crippen LogP) is 3.26. The summed E-state index contributed by atoms with van der Waals surface area (Å²) in [7, 11) is 0. The van der Waals surface area contributed by atoms with Gasteiger partial charge < -0.3 is 5.11 Å². The third-order valence-corrected chi connectivity index (χ3v) is 4.50. The molecule has 6 heteroatoms. The van der Waals surface area contributed by atoms with Gasteiger partial charge in [-0.2, -0.15) is 5.10 Å². The van der Waals surface area contributed by atoms with E-state index >= 15 is 0 Å². The summed E-state index contributed by atoms with van der Waals surface area (Å²) in [6.45, 7) is 0. The number of thiophene rings is 1. The second kappa shape index (κ2) is 6.81. The van der Waals surface area contributed by atoms with E-state index in [1.165, 1.54) is 28.9 Å². The van der Waals surface area contributed by atoms with Crippen LogP contribution in [0.1, 0.15) is 34.4 Å². The topological polar surface area (TPSA) is 61.8 Å². The number of benzene rings is 1. The van der Waals surface area contributed by atoms with E-state index in [4.69, 9.17) is 0 Å². The fraction of sp³-hybridized carbons (Fsp3) is 0.250. The van der Waals surface area contributed by atoms with Crippen LogP contribution in [0.4, 0.5) is 4.39 Å². The first-order valence-electron chi connectivity index (χ1n) is 7.06. The molecule has 2 N–H and O–H groups in total. The van der Waals surface area contributed by atoms with Crippen molar-refractivity contribution in [2.75, 3.05) is 0 Å². The van der Waals surface area contributed by atoms with Crippen LogP contribution in [-0.4, -0.2) is 20.3 Å². The van der Waals surface area contributed by atoms with E-state index in [2.05, 4.69) is 21.2 Å². The van der Waals surface area contributed by atoms with Crippen molar-refractivity contribution < 1.29 is 9.50 Å². The van der Waals surface area contributed by atoms with Crippen LogP contribution in [0.5, 0.6) is 0 Å². The molecule has 0 bridgehead atoms. The summed E-state index contributed by atoms with van der Waals surface area (Å²) in [6, 6.07) is 8.65. The minimum absolute atomic E-state index is 0.218. The number of hydrogen-bond donors (Lipinski definition) is 2. The van der Waals surface area contributed by atoms with Crippen molar-refractivity contribution in [2.24, 2.45) is 0 Å². The summed E-state index contributed by atoms with van der Waals surface area (Å²) < 4.78 is 12.9. The Balaban J connectivity index is 1.63. The predicted molar refractivity (Wildman–Crippen MR) is 83.2 cm³/mol. The summed E-state index contributed by atoms with van der Waals surface area (Å²) in [5.74, 6) is 0.208. The summed E-state index contributed by atoms with van der Waals surface area (Å²) in [6.07, 6.45) is 2.92. The molecule has 0 saturated carbocycles. The van der Waals surface area contributed by atoms with Crippen LogP contribution in [0.25, 0.3) is 0 Å². The summed E-state index contributed by atoms with van der Waals surface area (Å²) in [5, 5.41) is 18.6. The Labute approximate surface area is 131 Å². The normalized spacial score (nSPS) is 12.5. The van der Waals surface area contributed by atoms with Crippen LogP contribution in [0, 0.1) is 5.82 Å². The number of aryl methyl sites for hydroxylation is 1. The molecule has 0 fully saturated rings. The Morgan fingerprint density at radius 1 is 1.23 bits per heavy atom. The Kier molecular flexibility index (Phi) is 4.60. The van der Waals surface area contributed by atoms with Gasteiger partial charge in [0.05, 0.1) is 0 Å². The Morgan fingerprint density at radius 2 is 2.05 bits per heavy atom. The molecule has 3 rings (SSSR count). The first kappa shape index (κ1) is 14.9. The number of aromatic amines is 1. The summed E-state index contributed by atoms with van der Waals surface area (Å²) in [4.78, 5) is 5.21. The Morgan fingerprint density at radius 3 is 2.77 bits per heavy atom. The lowest BCUT2D eigenvalue weighted by Crippen LogP contribution is -2.02. The minimum atomic E-state index is -0.662. The van der Waals surface area contributed by atoms with Crippen LogP contribution < -0.4 is 0 Å². The summed E-state index contributed by atoms with van der Waals surface area (Å²) in [5.41, 5.74) is 2.29. The van der Waals surface area contributed by atoms with Gasteiger partial charge in [0.25, 0.3) is 0 Å². The largest absolute Gasteiger partial charge is 0.385 e. The van der Waals surface area contributed by atoms with Crippen molar-refractivity contribution in [2.45, 2.75) is 25.4 Å². The van der Waals surface area contributed by atoms with Gasteiger partial charge in [0, 0.05) is 11.3 Å². The van der Waals surface area contributed by atoms with Crippen LogP contribution in [0.2, 0.25) is 0 Å². The van der Waals surface area contributed by atoms with Gasteiger partial charge >= 0.3 is 0 Å². The lowest BCUT2D eigenvalue weighted by molar-refractivity contribution is 0.158. The van der Waals surface area contributed by atoms with Crippen molar-refractivity contribution in [3.8, 4) is 0 Å². The molecule has 0 radical (unpaired) electrons. The molecule has 0 amide bonds. The van der Waals surface area contributed by atoms with Gasteiger partial charge in [0.15, 0.2) is 5.82 Å². The van der Waals surface area contributed by atoms with Gasteiger partial charge in [-0.25, -0.2) is 9.37 Å². The maximum Gasteiger partial charge on any atom is 0.178 e. The number of nitrogens with one attached hydrogen (secondary N) is 1. The number of hydrogen-bond acceptors (Lipinski definition) is 4. The fourth-order valence-corrected chi connectivity index (χ4v) is 3.30. The van der Waals surface area contributed by atoms with E-state index in [0.29, 0.717) is 12.2 Å². The van der Waals surface area contributed by atoms with Gasteiger partial charge in [-0.05, 0) is 47.5 Å². The highest BCUT2D eigenvalue weighted by Gasteiger charge is 2.13. The molecular weight excluding hydrogens is 301 g/mol. The highest BCUT2D eigenvalue weighted by atomic mass is 32.1. The second-order valence-electron chi connectivity index (χ2n) is 5.08. The lowest BCUT2D eigenvalue weighted by Gasteiger charge is -2.08. The first-order valence-corrected chi connectivity index (χ1v) is 7.94. The fourth-order valence-electron chi connectivity index (χ4n) is 2.33. The molecule has 1 aromatic carbocycles. The molecule has 22 heavy (non-hydrogen) atoms. The number of halogens is 1. The molecule has 3 aromatic rings. The molecular formula is C16H16FN3OS. The van der Waals surface area contributed by atoms with Gasteiger partial charge in [-0.1, -0.05) is 12.1 Å². The third-order valence-electron chi connectivity index (χ3n) is 3.53. The van der Waals surface area contributed by atoms with Crippen LogP contribution in [0.3, 0.4) is 0 Å². The van der Waals surface area contributed by atoms with E-state index in [0.717, 1.165) is 18.4 Å². The SMILES string of the molecule is OC(CCc1ccsc1Cc1ccc(F)cc1)c1nc[nH]n1. The van der Waals surface area contributed by atoms with Crippen molar-refractivity contribution in [3.05, 3.63) is 69.7 Å². The van der Waals surface area contributed by atoms with Crippen molar-refractivity contribution >= 4 is 11.3 Å². The molecule has 0 aliphatic carbocycles. The second-order valence-corrected chi connectivity index (χ2v) is 6.08. The number of aromatic nitrogens is 3. The van der Waals surface area contributed by atoms with Gasteiger partial charge in [0.1, 0.15) is 18.2 Å². The zero-order valence-corrected chi connectivity index (χ0v) is 12.7. The van der Waals surface area contributed by atoms with Crippen molar-refractivity contribution in [3.63, 3.8) is 0 Å². The van der Waals surface area contributed by atoms with E-state index in [1.54, 1.807) is 23.5 Å². The molecule has 0 aliphatic rings. The van der Waals surface area contributed by atoms with E-state index in [9.17, 15) is 9.50 Å². The Hall–Kier alpha value is -2.05. The van der Waals surface area contributed by atoms with Crippen LogP contribution >= 0.6 is 11.3 Å². The quantitative estimate of drug-likeness (QED) is 0.733. The highest BCUT2D eigenvalue weighted by Crippen LogP contribution is 2.24. The number of H-pyrrole nitrogens is 1. The third kappa shape index (κ3) is 3.58. The summed E-state index contributed by atoms with van der Waals surface area (Å²) >= 11 is 1.68. The molecule has 0 saturated heterocycles. The monoisotopic (exact) mass is 317 g/mol. The standard InChI is InChI=1S/C16H16FN3OS/c17-13-4-1-11(2-5-13)9-15-12(7-8-22-15)3-6-14(21)16-18-10-19-20-16/h1-2,4-5,7-8,10,14,21H,3,6,9H2,(H,18,19,20). The maximum absolute atomic E-state index is 12.9. The smallest absolute Gasteiger partial charge is 0.178 e. The van der Waals surface area contributed by atoms with Crippen LogP contribution in [-0.2, 0) is 12.8 Å². The number of rotatable bonds is 6. The number of nitrogens with zero attached hydrogens (tertiary/aromatic N) is 2. The number of aliphatic hydroxyl groups excluding tert-OH is 1. The maximum atomic E-state index is 12.9. The van der Waals surface area contributed by atoms with Gasteiger partial charge in [-0.15, -0.1) is 11.3 Å². The Bertz CT molecular complexity index is 709. The zero-order valence-electron chi connectivity index (χ0n) is 11.9. The highest BCUT2D eigenvalue weighted by molar-refractivity contribution is 7.10. The lowest BCUT2D eigenvalue weighted by atomic mass is 10.0.